The predicted molar refractivity (Wildman–Crippen MR) is 95.0 cm³/mol. The maximum absolute atomic E-state index is 8.74. The van der Waals surface area contributed by atoms with Gasteiger partial charge in [-0.15, -0.1) is 0 Å². The first-order valence-corrected chi connectivity index (χ1v) is 9.67. The third-order valence-electron chi connectivity index (χ3n) is 4.15. The van der Waals surface area contributed by atoms with Crippen molar-refractivity contribution in [1.29, 1.82) is 0 Å². The maximum Gasteiger partial charge on any atom is 0.394 e. The van der Waals surface area contributed by atoms with E-state index >= 15 is 0 Å². The number of rotatable bonds is 2. The molecule has 1 fully saturated rings. The number of hydrogen-bond acceptors (Lipinski definition) is 5. The van der Waals surface area contributed by atoms with Crippen molar-refractivity contribution in [2.75, 3.05) is 18.4 Å². The molecular weight excluding hydrogens is 330 g/mol. The Balaban J connectivity index is 0.000000368. The first-order valence-electron chi connectivity index (χ1n) is 8.27. The number of hydrogen-bond donors (Lipinski definition) is 4. The van der Waals surface area contributed by atoms with Crippen molar-refractivity contribution in [3.8, 4) is 0 Å². The van der Waals surface area contributed by atoms with Gasteiger partial charge < -0.3 is 10.6 Å². The van der Waals surface area contributed by atoms with E-state index in [0.717, 1.165) is 37.1 Å². The molecule has 0 atom stereocenters. The van der Waals surface area contributed by atoms with Crippen LogP contribution in [0, 0.1) is 0 Å². The summed E-state index contributed by atoms with van der Waals surface area (Å²) < 4.78 is 31.6. The first kappa shape index (κ1) is 18.7. The number of nitrogens with one attached hydrogen (secondary N) is 2. The Morgan fingerprint density at radius 1 is 1.04 bits per heavy atom. The normalized spacial score (nSPS) is 18.7. The second kappa shape index (κ2) is 9.00. The quantitative estimate of drug-likeness (QED) is 0.607. The van der Waals surface area contributed by atoms with Crippen LogP contribution >= 0.6 is 0 Å². The van der Waals surface area contributed by atoms with Gasteiger partial charge in [0.15, 0.2) is 5.96 Å². The SMILES string of the molecule is O=S(=O)(O)O.c1cc(C2CCCCC2)ccc1NC1=NCCCN1. The molecule has 0 unspecified atom stereocenters. The van der Waals surface area contributed by atoms with Crippen LogP contribution in [0.3, 0.4) is 0 Å². The molecule has 8 heteroatoms. The molecule has 1 heterocycles. The second-order valence-corrected chi connectivity index (χ2v) is 6.94. The van der Waals surface area contributed by atoms with Gasteiger partial charge in [0, 0.05) is 18.8 Å². The van der Waals surface area contributed by atoms with Crippen molar-refractivity contribution in [2.45, 2.75) is 44.4 Å². The van der Waals surface area contributed by atoms with Crippen molar-refractivity contribution < 1.29 is 17.5 Å². The lowest BCUT2D eigenvalue weighted by molar-refractivity contribution is 0.381. The van der Waals surface area contributed by atoms with E-state index in [1.165, 1.54) is 37.7 Å². The van der Waals surface area contributed by atoms with Gasteiger partial charge in [-0.2, -0.15) is 8.42 Å². The molecule has 134 valence electrons. The van der Waals surface area contributed by atoms with Gasteiger partial charge in [0.2, 0.25) is 0 Å². The lowest BCUT2D eigenvalue weighted by Gasteiger charge is -2.22. The Morgan fingerprint density at radius 3 is 2.21 bits per heavy atom. The van der Waals surface area contributed by atoms with Crippen LogP contribution in [0.4, 0.5) is 5.69 Å². The zero-order chi connectivity index (χ0) is 17.4. The molecule has 0 aromatic heterocycles. The highest BCUT2D eigenvalue weighted by Crippen LogP contribution is 2.32. The summed E-state index contributed by atoms with van der Waals surface area (Å²) in [5.74, 6) is 1.70. The zero-order valence-corrected chi connectivity index (χ0v) is 14.4. The highest BCUT2D eigenvalue weighted by Gasteiger charge is 2.15. The molecule has 3 rings (SSSR count). The van der Waals surface area contributed by atoms with Gasteiger partial charge in [-0.1, -0.05) is 31.4 Å². The summed E-state index contributed by atoms with van der Waals surface area (Å²) in [5.41, 5.74) is 2.64. The molecule has 1 aromatic carbocycles. The van der Waals surface area contributed by atoms with Crippen LogP contribution in [0.25, 0.3) is 0 Å². The summed E-state index contributed by atoms with van der Waals surface area (Å²) >= 11 is 0. The third-order valence-corrected chi connectivity index (χ3v) is 4.15. The van der Waals surface area contributed by atoms with Gasteiger partial charge in [-0.05, 0) is 42.9 Å². The van der Waals surface area contributed by atoms with Crippen LogP contribution in [-0.2, 0) is 10.4 Å². The molecule has 2 aliphatic rings. The molecule has 4 N–H and O–H groups in total. The molecule has 1 saturated carbocycles. The van der Waals surface area contributed by atoms with E-state index in [1.807, 2.05) is 0 Å². The molecule has 24 heavy (non-hydrogen) atoms. The highest BCUT2D eigenvalue weighted by molar-refractivity contribution is 7.79. The smallest absolute Gasteiger partial charge is 0.356 e. The number of aliphatic imine (C=N–C) groups is 1. The predicted octanol–water partition coefficient (Wildman–Crippen LogP) is 2.84. The topological polar surface area (TPSA) is 111 Å². The molecule has 1 aliphatic carbocycles. The first-order chi connectivity index (χ1) is 11.4. The van der Waals surface area contributed by atoms with E-state index in [0.29, 0.717) is 0 Å². The van der Waals surface area contributed by atoms with E-state index in [-0.39, 0.29) is 0 Å². The monoisotopic (exact) mass is 355 g/mol. The summed E-state index contributed by atoms with van der Waals surface area (Å²) in [6.07, 6.45) is 8.06. The number of anilines is 1. The molecule has 0 bridgehead atoms. The van der Waals surface area contributed by atoms with Crippen LogP contribution in [0.1, 0.15) is 50.0 Å². The Kier molecular flexibility index (Phi) is 7.01. The van der Waals surface area contributed by atoms with E-state index in [4.69, 9.17) is 17.5 Å². The van der Waals surface area contributed by atoms with Crippen LogP contribution < -0.4 is 10.6 Å². The van der Waals surface area contributed by atoms with Crippen LogP contribution in [-0.4, -0.2) is 36.6 Å². The molecule has 1 aliphatic heterocycles. The van der Waals surface area contributed by atoms with Crippen molar-refractivity contribution in [1.82, 2.24) is 5.32 Å². The lowest BCUT2D eigenvalue weighted by Crippen LogP contribution is -2.35. The minimum Gasteiger partial charge on any atom is -0.356 e. The summed E-state index contributed by atoms with van der Waals surface area (Å²) in [4.78, 5) is 4.43. The van der Waals surface area contributed by atoms with E-state index < -0.39 is 10.4 Å². The Morgan fingerprint density at radius 2 is 1.67 bits per heavy atom. The number of benzene rings is 1. The van der Waals surface area contributed by atoms with Gasteiger partial charge >= 0.3 is 10.4 Å². The van der Waals surface area contributed by atoms with Crippen LogP contribution in [0.5, 0.6) is 0 Å². The molecule has 7 nitrogen and oxygen atoms in total. The fraction of sp³-hybridized carbons (Fsp3) is 0.562. The average molecular weight is 355 g/mol. The summed E-state index contributed by atoms with van der Waals surface area (Å²) in [7, 11) is -4.67. The lowest BCUT2D eigenvalue weighted by atomic mass is 9.84. The van der Waals surface area contributed by atoms with Crippen molar-refractivity contribution in [2.24, 2.45) is 4.99 Å². The van der Waals surface area contributed by atoms with E-state index in [1.54, 1.807) is 0 Å². The minimum absolute atomic E-state index is 0.785. The summed E-state index contributed by atoms with van der Waals surface area (Å²) in [6.45, 7) is 1.95. The molecular formula is C16H25N3O4S. The molecule has 0 saturated heterocycles. The summed E-state index contributed by atoms with van der Waals surface area (Å²) in [5, 5.41) is 6.63. The van der Waals surface area contributed by atoms with E-state index in [2.05, 4.69) is 39.9 Å². The fourth-order valence-corrected chi connectivity index (χ4v) is 3.03. The molecule has 0 radical (unpaired) electrons. The van der Waals surface area contributed by atoms with Gasteiger partial charge in [-0.3, -0.25) is 14.1 Å². The second-order valence-electron chi connectivity index (χ2n) is 6.04. The molecule has 0 spiro atoms. The minimum atomic E-state index is -4.67. The largest absolute Gasteiger partial charge is 0.394 e. The molecule has 0 amide bonds. The summed E-state index contributed by atoms with van der Waals surface area (Å²) in [6, 6.07) is 8.93. The average Bonchev–Trinajstić information content (AvgIpc) is 2.56. The van der Waals surface area contributed by atoms with Crippen LogP contribution in [0.2, 0.25) is 0 Å². The van der Waals surface area contributed by atoms with Gasteiger partial charge in [0.1, 0.15) is 0 Å². The van der Waals surface area contributed by atoms with Gasteiger partial charge in [-0.25, -0.2) is 0 Å². The van der Waals surface area contributed by atoms with Crippen molar-refractivity contribution >= 4 is 22.0 Å². The van der Waals surface area contributed by atoms with Crippen molar-refractivity contribution in [3.63, 3.8) is 0 Å². The maximum atomic E-state index is 8.74. The third kappa shape index (κ3) is 7.29. The van der Waals surface area contributed by atoms with Crippen LogP contribution in [0.15, 0.2) is 29.3 Å². The van der Waals surface area contributed by atoms with E-state index in [9.17, 15) is 0 Å². The van der Waals surface area contributed by atoms with Crippen molar-refractivity contribution in [3.05, 3.63) is 29.8 Å². The molecule has 1 aromatic rings. The fourth-order valence-electron chi connectivity index (χ4n) is 3.03. The van der Waals surface area contributed by atoms with Gasteiger partial charge in [0.25, 0.3) is 0 Å². The highest BCUT2D eigenvalue weighted by atomic mass is 32.3. The van der Waals surface area contributed by atoms with Gasteiger partial charge in [0.05, 0.1) is 0 Å². The zero-order valence-electron chi connectivity index (χ0n) is 13.6. The number of guanidine groups is 1. The standard InChI is InChI=1S/C16H23N3.H2O4S/c1-2-5-13(6-3-1)14-7-9-15(10-8-14)19-16-17-11-4-12-18-16;1-5(2,3)4/h7-10,13H,1-6,11-12H2,(H2,17,18,19);(H2,1,2,3,4). The Hall–Kier alpha value is -1.64. The Labute approximate surface area is 143 Å². The number of nitrogens with zero attached hydrogens (tertiary/aromatic N) is 1. The Bertz CT molecular complexity index is 630.